The van der Waals surface area contributed by atoms with Crippen LogP contribution in [-0.2, 0) is 32.5 Å². The van der Waals surface area contributed by atoms with Gasteiger partial charge in [-0.05, 0) is 156 Å². The number of aryl methyl sites for hydroxylation is 1. The van der Waals surface area contributed by atoms with Crippen molar-refractivity contribution in [1.82, 2.24) is 0 Å². The van der Waals surface area contributed by atoms with Gasteiger partial charge in [-0.3, -0.25) is 0 Å². The number of para-hydroxylation sites is 1. The van der Waals surface area contributed by atoms with Gasteiger partial charge in [0.1, 0.15) is 11.5 Å². The first-order valence-electron chi connectivity index (χ1n) is 27.7. The van der Waals surface area contributed by atoms with E-state index in [0.29, 0.717) is 0 Å². The maximum absolute atomic E-state index is 7.17. The fourth-order valence-electron chi connectivity index (χ4n) is 14.1. The molecule has 4 heteroatoms. The molecule has 0 N–H and O–H groups in total. The molecule has 75 heavy (non-hydrogen) atoms. The lowest BCUT2D eigenvalue weighted by Gasteiger charge is -2.49. The first-order chi connectivity index (χ1) is 35.4. The van der Waals surface area contributed by atoms with Crippen LogP contribution in [0.4, 0.5) is 28.4 Å². The fourth-order valence-corrected chi connectivity index (χ4v) is 14.1. The molecule has 2 aliphatic carbocycles. The van der Waals surface area contributed by atoms with Crippen LogP contribution in [0.2, 0.25) is 0 Å². The Morgan fingerprint density at radius 1 is 0.427 bits per heavy atom. The molecule has 5 aliphatic rings. The highest BCUT2D eigenvalue weighted by Crippen LogP contribution is 2.58. The highest BCUT2D eigenvalue weighted by Gasteiger charge is 2.50. The maximum Gasteiger partial charge on any atom is 0.333 e. The van der Waals surface area contributed by atoms with E-state index in [1.54, 1.807) is 0 Å². The first kappa shape index (κ1) is 47.9. The Bertz CT molecular complexity index is 3740. The molecule has 3 aliphatic heterocycles. The SMILES string of the molecule is Cc1cc2c(cc1N1c3cc4c(cc3B3c5c(cc(C(C)(C)C)cc51)-c1cc5c(cc1N3c1ccc(C(C)(C)C)cc1-c1ccccc1)C(C)(C)c1ccccc1-5)C(C)(C)c1ccccc1O4)C(C)(C)CCC2(C)C. The summed E-state index contributed by atoms with van der Waals surface area (Å²) >= 11 is 0. The van der Waals surface area contributed by atoms with E-state index in [1.165, 1.54) is 129 Å². The topological polar surface area (TPSA) is 15.7 Å². The standard InChI is InChI=1S/C71H73BN2O/c1-42-33-54-55(69(10,11)32-31-68(54,8)9)40-59(42)73-61-41-64-56(71(14,15)52-27-21-22-28-63(52)75-64)38-57(61)72-65-50(35-45(36-62(65)73)67(5,6)7)49-37-48-46-25-19-20-26-51(46)70(12,13)53(48)39-60(49)74(72)58-30-29-44(66(2,3)4)34-47(58)43-23-17-16-18-24-43/h16-30,33-41H,31-32H2,1-15H3. The van der Waals surface area contributed by atoms with Crippen LogP contribution >= 0.6 is 0 Å². The lowest BCUT2D eigenvalue weighted by Crippen LogP contribution is -2.62. The number of hydrogen-bond donors (Lipinski definition) is 0. The van der Waals surface area contributed by atoms with Gasteiger partial charge in [0, 0.05) is 67.6 Å². The Hall–Kier alpha value is -6.78. The second kappa shape index (κ2) is 15.7. The second-order valence-electron chi connectivity index (χ2n) is 27.3. The molecule has 13 rings (SSSR count). The summed E-state index contributed by atoms with van der Waals surface area (Å²) in [6, 6.07) is 56.8. The molecule has 0 radical (unpaired) electrons. The molecule has 8 aromatic rings. The lowest BCUT2D eigenvalue weighted by atomic mass is 9.42. The smallest absolute Gasteiger partial charge is 0.333 e. The normalized spacial score (nSPS) is 17.6. The van der Waals surface area contributed by atoms with Crippen molar-refractivity contribution in [3.8, 4) is 44.9 Å². The Labute approximate surface area is 448 Å². The zero-order valence-electron chi connectivity index (χ0n) is 47.2. The molecule has 0 bridgehead atoms. The Morgan fingerprint density at radius 3 is 1.75 bits per heavy atom. The summed E-state index contributed by atoms with van der Waals surface area (Å²) in [6.07, 6.45) is 2.32. The number of nitrogens with zero attached hydrogens (tertiary/aromatic N) is 2. The van der Waals surface area contributed by atoms with E-state index in [-0.39, 0.29) is 39.3 Å². The van der Waals surface area contributed by atoms with Gasteiger partial charge in [-0.2, -0.15) is 0 Å². The highest BCUT2D eigenvalue weighted by atomic mass is 16.5. The lowest BCUT2D eigenvalue weighted by molar-refractivity contribution is 0.332. The molecule has 0 saturated carbocycles. The van der Waals surface area contributed by atoms with Crippen molar-refractivity contribution in [2.45, 2.75) is 149 Å². The number of anilines is 5. The predicted molar refractivity (Wildman–Crippen MR) is 319 cm³/mol. The van der Waals surface area contributed by atoms with Crippen molar-refractivity contribution in [2.24, 2.45) is 0 Å². The summed E-state index contributed by atoms with van der Waals surface area (Å²) in [7, 11) is 0. The monoisotopic (exact) mass is 981 g/mol. The van der Waals surface area contributed by atoms with Crippen LogP contribution in [0.3, 0.4) is 0 Å². The van der Waals surface area contributed by atoms with Crippen molar-refractivity contribution in [3.63, 3.8) is 0 Å². The molecule has 0 aromatic heterocycles. The van der Waals surface area contributed by atoms with Gasteiger partial charge in [0.25, 0.3) is 0 Å². The second-order valence-corrected chi connectivity index (χ2v) is 27.3. The van der Waals surface area contributed by atoms with Crippen molar-refractivity contribution in [2.75, 3.05) is 9.71 Å². The number of fused-ring (bicyclic) bond motifs is 10. The summed E-state index contributed by atoms with van der Waals surface area (Å²) < 4.78 is 7.17. The summed E-state index contributed by atoms with van der Waals surface area (Å²) in [5.41, 5.74) is 27.9. The predicted octanol–water partition coefficient (Wildman–Crippen LogP) is 18.1. The zero-order chi connectivity index (χ0) is 52.7. The molecule has 0 saturated heterocycles. The third-order valence-corrected chi connectivity index (χ3v) is 18.8. The Balaban J connectivity index is 1.21. The van der Waals surface area contributed by atoms with Gasteiger partial charge in [0.15, 0.2) is 0 Å². The van der Waals surface area contributed by atoms with Crippen LogP contribution in [0.5, 0.6) is 11.5 Å². The van der Waals surface area contributed by atoms with E-state index < -0.39 is 0 Å². The van der Waals surface area contributed by atoms with Crippen LogP contribution in [0, 0.1) is 6.92 Å². The minimum atomic E-state index is -0.335. The number of hydrogen-bond acceptors (Lipinski definition) is 3. The van der Waals surface area contributed by atoms with E-state index in [4.69, 9.17) is 4.74 Å². The van der Waals surface area contributed by atoms with Crippen LogP contribution in [0.15, 0.2) is 146 Å². The van der Waals surface area contributed by atoms with E-state index in [0.717, 1.165) is 17.9 Å². The Morgan fingerprint density at radius 2 is 1.04 bits per heavy atom. The number of benzene rings is 8. The van der Waals surface area contributed by atoms with Gasteiger partial charge in [0.2, 0.25) is 0 Å². The minimum absolute atomic E-state index is 0.0150. The Kier molecular flexibility index (Phi) is 10.0. The van der Waals surface area contributed by atoms with Gasteiger partial charge in [-0.1, -0.05) is 194 Å². The van der Waals surface area contributed by atoms with Gasteiger partial charge in [0.05, 0.1) is 0 Å². The maximum atomic E-state index is 7.17. The van der Waals surface area contributed by atoms with Crippen molar-refractivity contribution in [1.29, 1.82) is 0 Å². The minimum Gasteiger partial charge on any atom is -0.457 e. The molecule has 0 fully saturated rings. The average Bonchev–Trinajstić information content (AvgIpc) is 3.67. The van der Waals surface area contributed by atoms with Gasteiger partial charge in [-0.15, -0.1) is 0 Å². The molecule has 8 aromatic carbocycles. The quantitative estimate of drug-likeness (QED) is 0.164. The highest BCUT2D eigenvalue weighted by molar-refractivity contribution is 6.93. The summed E-state index contributed by atoms with van der Waals surface area (Å²) in [4.78, 5) is 5.46. The van der Waals surface area contributed by atoms with Gasteiger partial charge < -0.3 is 14.4 Å². The van der Waals surface area contributed by atoms with E-state index >= 15 is 0 Å². The van der Waals surface area contributed by atoms with Gasteiger partial charge >= 0.3 is 6.85 Å². The van der Waals surface area contributed by atoms with Crippen molar-refractivity contribution in [3.05, 3.63) is 196 Å². The van der Waals surface area contributed by atoms with Crippen LogP contribution in [0.1, 0.15) is 160 Å². The molecular formula is C71H73BN2O. The average molecular weight is 981 g/mol. The summed E-state index contributed by atoms with van der Waals surface area (Å²) in [6.45, 7) is 35.8. The van der Waals surface area contributed by atoms with Crippen LogP contribution < -0.4 is 25.4 Å². The van der Waals surface area contributed by atoms with Crippen LogP contribution in [-0.4, -0.2) is 6.85 Å². The van der Waals surface area contributed by atoms with Crippen LogP contribution in [0.25, 0.3) is 33.4 Å². The summed E-state index contributed by atoms with van der Waals surface area (Å²) in [5.74, 6) is 1.86. The van der Waals surface area contributed by atoms with Gasteiger partial charge in [-0.25, -0.2) is 0 Å². The fraction of sp³-hybridized carbons (Fsp3) is 0.324. The molecular weight excluding hydrogens is 908 g/mol. The largest absolute Gasteiger partial charge is 0.457 e. The molecule has 3 heterocycles. The number of ether oxygens (including phenoxy) is 1. The number of rotatable bonds is 3. The molecule has 0 unspecified atom stereocenters. The third kappa shape index (κ3) is 6.92. The van der Waals surface area contributed by atoms with E-state index in [2.05, 4.69) is 259 Å². The zero-order valence-corrected chi connectivity index (χ0v) is 47.2. The molecule has 0 amide bonds. The van der Waals surface area contributed by atoms with Crippen molar-refractivity contribution < 1.29 is 4.74 Å². The molecule has 0 spiro atoms. The molecule has 3 nitrogen and oxygen atoms in total. The molecule has 0 atom stereocenters. The van der Waals surface area contributed by atoms with E-state index in [1.807, 2.05) is 0 Å². The van der Waals surface area contributed by atoms with Crippen molar-refractivity contribution >= 4 is 46.2 Å². The third-order valence-electron chi connectivity index (χ3n) is 18.8. The first-order valence-corrected chi connectivity index (χ1v) is 27.7. The molecule has 376 valence electrons. The van der Waals surface area contributed by atoms with E-state index in [9.17, 15) is 0 Å². The summed E-state index contributed by atoms with van der Waals surface area (Å²) in [5, 5.41) is 0.